The van der Waals surface area contributed by atoms with Gasteiger partial charge < -0.3 is 9.47 Å². The Morgan fingerprint density at radius 2 is 1.72 bits per heavy atom. The Kier molecular flexibility index (Phi) is 8.05. The zero-order chi connectivity index (χ0) is 27.4. The predicted octanol–water partition coefficient (Wildman–Crippen LogP) is 8.44. The third-order valence-corrected chi connectivity index (χ3v) is 7.37. The first kappa shape index (κ1) is 26.6. The van der Waals surface area contributed by atoms with Crippen LogP contribution >= 0.6 is 23.4 Å². The number of allylic oxidation sites excluding steroid dienone is 1. The number of ether oxygens (including phenoxy) is 2. The Labute approximate surface area is 236 Å². The molecule has 1 fully saturated rings. The molecule has 1 aliphatic heterocycles. The molecule has 1 aliphatic rings. The van der Waals surface area contributed by atoms with E-state index >= 15 is 0 Å². The average molecular weight is 556 g/mol. The molecule has 0 aromatic heterocycles. The fraction of sp³-hybridized carbons (Fsp3) is 0.125. The number of nitrogens with zero attached hydrogens (tertiary/aromatic N) is 1. The summed E-state index contributed by atoms with van der Waals surface area (Å²) in [4.78, 5) is 27.4. The minimum Gasteiger partial charge on any atom is -0.490 e. The first-order valence-electron chi connectivity index (χ1n) is 12.5. The Hall–Kier alpha value is -4.00. The van der Waals surface area contributed by atoms with Crippen molar-refractivity contribution in [3.8, 4) is 11.5 Å². The number of hydrogen-bond donors (Lipinski definition) is 0. The highest BCUT2D eigenvalue weighted by Crippen LogP contribution is 2.39. The highest BCUT2D eigenvalue weighted by atomic mass is 35.5. The van der Waals surface area contributed by atoms with Gasteiger partial charge in [0.05, 0.1) is 17.2 Å². The molecule has 4 aromatic carbocycles. The summed E-state index contributed by atoms with van der Waals surface area (Å²) in [6, 6.07) is 24.7. The lowest BCUT2D eigenvalue weighted by atomic mass is 10.0. The quantitative estimate of drug-likeness (QED) is 0.153. The van der Waals surface area contributed by atoms with Crippen LogP contribution in [0.4, 0.5) is 10.5 Å². The molecule has 7 heteroatoms. The van der Waals surface area contributed by atoms with Crippen LogP contribution in [-0.4, -0.2) is 17.8 Å². The lowest BCUT2D eigenvalue weighted by molar-refractivity contribution is -0.113. The number of amides is 2. The van der Waals surface area contributed by atoms with Crippen molar-refractivity contribution in [3.05, 3.63) is 118 Å². The standard InChI is InChI=1S/C32H26ClNO4S/c1-3-8-23-17-21(19-29-31(35)34(32(36)39-29)26-15-13-25(33)14-16-26)18-28(37-4-2)30(23)38-20-24-11-7-10-22-9-5-6-12-27(22)24/h3,5-7,9-19H,1,4,8,20H2,2H3/b29-19+. The fourth-order valence-corrected chi connectivity index (χ4v) is 5.47. The topological polar surface area (TPSA) is 55.8 Å². The zero-order valence-corrected chi connectivity index (χ0v) is 22.9. The van der Waals surface area contributed by atoms with Gasteiger partial charge in [0.25, 0.3) is 11.1 Å². The van der Waals surface area contributed by atoms with Crippen molar-refractivity contribution in [2.24, 2.45) is 0 Å². The van der Waals surface area contributed by atoms with Crippen LogP contribution in [0, 0.1) is 0 Å². The predicted molar refractivity (Wildman–Crippen MR) is 160 cm³/mol. The second kappa shape index (κ2) is 11.8. The van der Waals surface area contributed by atoms with Crippen molar-refractivity contribution in [2.45, 2.75) is 20.0 Å². The molecule has 5 rings (SSSR count). The van der Waals surface area contributed by atoms with Gasteiger partial charge in [-0.05, 0) is 89.5 Å². The third-order valence-electron chi connectivity index (χ3n) is 6.25. The first-order chi connectivity index (χ1) is 19.0. The number of carbonyl (C=O) groups excluding carboxylic acids is 2. The Bertz CT molecular complexity index is 1590. The SMILES string of the molecule is C=CCc1cc(/C=C2/SC(=O)N(c3ccc(Cl)cc3)C2=O)cc(OCC)c1OCc1cccc2ccccc12. The summed E-state index contributed by atoms with van der Waals surface area (Å²) in [7, 11) is 0. The van der Waals surface area contributed by atoms with Gasteiger partial charge in [0.15, 0.2) is 11.5 Å². The van der Waals surface area contributed by atoms with Crippen LogP contribution in [0.1, 0.15) is 23.6 Å². The van der Waals surface area contributed by atoms with Crippen LogP contribution in [-0.2, 0) is 17.8 Å². The van der Waals surface area contributed by atoms with E-state index in [4.69, 9.17) is 21.1 Å². The number of rotatable bonds is 9. The van der Waals surface area contributed by atoms with Crippen molar-refractivity contribution < 1.29 is 19.1 Å². The van der Waals surface area contributed by atoms with Crippen molar-refractivity contribution in [3.63, 3.8) is 0 Å². The number of benzene rings is 4. The normalized spacial score (nSPS) is 14.3. The van der Waals surface area contributed by atoms with E-state index in [1.807, 2.05) is 37.3 Å². The third kappa shape index (κ3) is 5.72. The molecule has 0 bridgehead atoms. The summed E-state index contributed by atoms with van der Waals surface area (Å²) in [6.07, 6.45) is 4.05. The molecule has 196 valence electrons. The van der Waals surface area contributed by atoms with Crippen LogP contribution in [0.5, 0.6) is 11.5 Å². The highest BCUT2D eigenvalue weighted by Gasteiger charge is 2.36. The molecule has 0 atom stereocenters. The van der Waals surface area contributed by atoms with Gasteiger partial charge in [-0.3, -0.25) is 9.59 Å². The number of halogens is 1. The number of thioether (sulfide) groups is 1. The maximum atomic E-state index is 13.2. The van der Waals surface area contributed by atoms with Crippen molar-refractivity contribution in [2.75, 3.05) is 11.5 Å². The second-order valence-electron chi connectivity index (χ2n) is 8.85. The molecule has 0 radical (unpaired) electrons. The number of imide groups is 1. The molecule has 0 saturated carbocycles. The lowest BCUT2D eigenvalue weighted by Gasteiger charge is -2.17. The van der Waals surface area contributed by atoms with E-state index in [9.17, 15) is 9.59 Å². The first-order valence-corrected chi connectivity index (χ1v) is 13.7. The summed E-state index contributed by atoms with van der Waals surface area (Å²) in [5, 5.41) is 2.45. The van der Waals surface area contributed by atoms with Crippen LogP contribution in [0.2, 0.25) is 5.02 Å². The van der Waals surface area contributed by atoms with Crippen molar-refractivity contribution in [1.82, 2.24) is 0 Å². The van der Waals surface area contributed by atoms with E-state index in [0.717, 1.165) is 44.1 Å². The zero-order valence-electron chi connectivity index (χ0n) is 21.4. The molecule has 0 aliphatic carbocycles. The van der Waals surface area contributed by atoms with Gasteiger partial charge in [0.2, 0.25) is 0 Å². The van der Waals surface area contributed by atoms with Gasteiger partial charge >= 0.3 is 0 Å². The summed E-state index contributed by atoms with van der Waals surface area (Å²) < 4.78 is 12.4. The minimum atomic E-state index is -0.383. The fourth-order valence-electron chi connectivity index (χ4n) is 4.50. The van der Waals surface area contributed by atoms with Crippen molar-refractivity contribution in [1.29, 1.82) is 0 Å². The molecule has 0 N–H and O–H groups in total. The van der Waals surface area contributed by atoms with E-state index in [1.165, 1.54) is 0 Å². The molecule has 5 nitrogen and oxygen atoms in total. The van der Waals surface area contributed by atoms with Crippen LogP contribution in [0.3, 0.4) is 0 Å². The Morgan fingerprint density at radius 3 is 2.49 bits per heavy atom. The van der Waals surface area contributed by atoms with E-state index in [2.05, 4.69) is 30.8 Å². The van der Waals surface area contributed by atoms with Crippen LogP contribution in [0.15, 0.2) is 96.4 Å². The Morgan fingerprint density at radius 1 is 0.949 bits per heavy atom. The molecule has 39 heavy (non-hydrogen) atoms. The van der Waals surface area contributed by atoms with Gasteiger partial charge in [-0.15, -0.1) is 6.58 Å². The number of anilines is 1. The monoisotopic (exact) mass is 555 g/mol. The molecule has 1 saturated heterocycles. The lowest BCUT2D eigenvalue weighted by Crippen LogP contribution is -2.27. The smallest absolute Gasteiger partial charge is 0.298 e. The molecule has 1 heterocycles. The van der Waals surface area contributed by atoms with Crippen LogP contribution < -0.4 is 14.4 Å². The van der Waals surface area contributed by atoms with E-state index in [1.54, 1.807) is 36.4 Å². The Balaban J connectivity index is 1.47. The van der Waals surface area contributed by atoms with Crippen LogP contribution in [0.25, 0.3) is 16.8 Å². The summed E-state index contributed by atoms with van der Waals surface area (Å²) in [5.74, 6) is 0.822. The van der Waals surface area contributed by atoms with E-state index in [0.29, 0.717) is 46.7 Å². The van der Waals surface area contributed by atoms with E-state index in [-0.39, 0.29) is 11.1 Å². The van der Waals surface area contributed by atoms with Gasteiger partial charge in [0.1, 0.15) is 6.61 Å². The second-order valence-corrected chi connectivity index (χ2v) is 10.3. The maximum absolute atomic E-state index is 13.2. The molecule has 4 aromatic rings. The summed E-state index contributed by atoms with van der Waals surface area (Å²) >= 11 is 6.87. The largest absolute Gasteiger partial charge is 0.490 e. The van der Waals surface area contributed by atoms with E-state index < -0.39 is 0 Å². The number of hydrogen-bond acceptors (Lipinski definition) is 5. The molecular weight excluding hydrogens is 530 g/mol. The van der Waals surface area contributed by atoms with Gasteiger partial charge in [0, 0.05) is 10.6 Å². The summed E-state index contributed by atoms with van der Waals surface area (Å²) in [6.45, 7) is 6.62. The molecule has 2 amide bonds. The molecule has 0 unspecified atom stereocenters. The minimum absolute atomic E-state index is 0.325. The average Bonchev–Trinajstić information content (AvgIpc) is 3.21. The maximum Gasteiger partial charge on any atom is 0.298 e. The van der Waals surface area contributed by atoms with Gasteiger partial charge in [-0.2, -0.15) is 0 Å². The molecular formula is C32H26ClNO4S. The van der Waals surface area contributed by atoms with Crippen molar-refractivity contribution >= 4 is 57.0 Å². The molecule has 0 spiro atoms. The van der Waals surface area contributed by atoms with Gasteiger partial charge in [-0.1, -0.05) is 60.1 Å². The number of fused-ring (bicyclic) bond motifs is 1. The van der Waals surface area contributed by atoms with Gasteiger partial charge in [-0.25, -0.2) is 4.90 Å². The summed E-state index contributed by atoms with van der Waals surface area (Å²) in [5.41, 5.74) is 3.15. The number of carbonyl (C=O) groups is 2. The highest BCUT2D eigenvalue weighted by molar-refractivity contribution is 8.19.